The third-order valence-corrected chi connectivity index (χ3v) is 6.03. The Morgan fingerprint density at radius 1 is 0.889 bits per heavy atom. The Balaban J connectivity index is 2.89. The predicted molar refractivity (Wildman–Crippen MR) is 136 cm³/mol. The molecule has 0 spiro atoms. The zero-order valence-corrected chi connectivity index (χ0v) is 21.5. The molecule has 0 heterocycles. The molecular weight excluding hydrogens is 488 g/mol. The van der Waals surface area contributed by atoms with Crippen LogP contribution in [-0.4, -0.2) is 76.0 Å². The van der Waals surface area contributed by atoms with E-state index in [2.05, 4.69) is 16.0 Å². The third-order valence-electron chi connectivity index (χ3n) is 5.39. The Morgan fingerprint density at radius 3 is 2.03 bits per heavy atom. The van der Waals surface area contributed by atoms with Crippen LogP contribution < -0.4 is 21.7 Å². The summed E-state index contributed by atoms with van der Waals surface area (Å²) in [6.45, 7) is 3.34. The molecule has 0 saturated carbocycles. The molecule has 0 fully saturated rings. The van der Waals surface area contributed by atoms with Crippen LogP contribution in [0.4, 0.5) is 0 Å². The van der Waals surface area contributed by atoms with Gasteiger partial charge in [0.15, 0.2) is 0 Å². The van der Waals surface area contributed by atoms with Crippen molar-refractivity contribution < 1.29 is 34.2 Å². The minimum atomic E-state index is -1.42. The van der Waals surface area contributed by atoms with E-state index in [0.29, 0.717) is 12.2 Å². The van der Waals surface area contributed by atoms with Crippen LogP contribution >= 0.6 is 11.8 Å². The second kappa shape index (κ2) is 15.8. The van der Waals surface area contributed by atoms with E-state index in [4.69, 9.17) is 10.8 Å². The van der Waals surface area contributed by atoms with Gasteiger partial charge in [-0.2, -0.15) is 11.8 Å². The summed E-state index contributed by atoms with van der Waals surface area (Å²) >= 11 is 1.48. The molecule has 0 aliphatic rings. The van der Waals surface area contributed by atoms with Crippen LogP contribution in [0, 0.1) is 5.92 Å². The number of nitrogens with two attached hydrogens (primary N) is 1. The van der Waals surface area contributed by atoms with Gasteiger partial charge in [-0.15, -0.1) is 0 Å². The zero-order valence-electron chi connectivity index (χ0n) is 20.7. The first-order valence-corrected chi connectivity index (χ1v) is 13.0. The van der Waals surface area contributed by atoms with Crippen molar-refractivity contribution in [2.24, 2.45) is 11.7 Å². The molecule has 4 unspecified atom stereocenters. The number of carboxylic acids is 2. The maximum atomic E-state index is 13.1. The third kappa shape index (κ3) is 11.1. The minimum absolute atomic E-state index is 0.285. The number of thioether (sulfide) groups is 1. The molecule has 36 heavy (non-hydrogen) atoms. The molecule has 0 radical (unpaired) electrons. The van der Waals surface area contributed by atoms with Crippen molar-refractivity contribution in [2.75, 3.05) is 12.0 Å². The van der Waals surface area contributed by atoms with Gasteiger partial charge in [-0.1, -0.05) is 44.2 Å². The molecule has 200 valence electrons. The zero-order chi connectivity index (χ0) is 27.3. The van der Waals surface area contributed by atoms with Crippen molar-refractivity contribution >= 4 is 41.4 Å². The molecule has 0 saturated heterocycles. The number of benzene rings is 1. The molecule has 3 amide bonds. The Bertz CT molecular complexity index is 898. The summed E-state index contributed by atoms with van der Waals surface area (Å²) in [5.41, 5.74) is 6.92. The summed E-state index contributed by atoms with van der Waals surface area (Å²) in [7, 11) is 0. The molecule has 7 N–H and O–H groups in total. The molecular formula is C24H36N4O7S. The van der Waals surface area contributed by atoms with Gasteiger partial charge in [0.2, 0.25) is 17.7 Å². The van der Waals surface area contributed by atoms with Crippen molar-refractivity contribution in [3.63, 3.8) is 0 Å². The second-order valence-corrected chi connectivity index (χ2v) is 9.69. The standard InChI is InChI=1S/C24H36N4O7S/c1-14(2)20(23(33)27-18(24(34)35)9-10-19(29)30)28-22(32)17(11-12-36-3)26-21(31)16(25)13-15-7-5-4-6-8-15/h4-8,14,16-18,20H,9-13,25H2,1-3H3,(H,26,31)(H,27,33)(H,28,32)(H,29,30)(H,34,35). The lowest BCUT2D eigenvalue weighted by molar-refractivity contribution is -0.143. The molecule has 1 rings (SSSR count). The number of carbonyl (C=O) groups is 5. The lowest BCUT2D eigenvalue weighted by Gasteiger charge is -2.27. The van der Waals surface area contributed by atoms with Crippen LogP contribution in [0.25, 0.3) is 0 Å². The molecule has 0 bridgehead atoms. The topological polar surface area (TPSA) is 188 Å². The number of rotatable bonds is 16. The lowest BCUT2D eigenvalue weighted by Crippen LogP contribution is -2.58. The van der Waals surface area contributed by atoms with Gasteiger partial charge in [0.1, 0.15) is 18.1 Å². The van der Waals surface area contributed by atoms with Crippen molar-refractivity contribution in [3.8, 4) is 0 Å². The van der Waals surface area contributed by atoms with Crippen LogP contribution in [0.3, 0.4) is 0 Å². The maximum Gasteiger partial charge on any atom is 0.326 e. The number of aliphatic carboxylic acids is 2. The fraction of sp³-hybridized carbons (Fsp3) is 0.542. The first-order chi connectivity index (χ1) is 17.0. The number of nitrogens with one attached hydrogen (secondary N) is 3. The molecule has 0 aromatic heterocycles. The lowest BCUT2D eigenvalue weighted by atomic mass is 10.0. The first-order valence-electron chi connectivity index (χ1n) is 11.6. The smallest absolute Gasteiger partial charge is 0.326 e. The second-order valence-electron chi connectivity index (χ2n) is 8.70. The van der Waals surface area contributed by atoms with E-state index in [-0.39, 0.29) is 12.8 Å². The fourth-order valence-electron chi connectivity index (χ4n) is 3.32. The maximum absolute atomic E-state index is 13.1. The van der Waals surface area contributed by atoms with Gasteiger partial charge in [0.25, 0.3) is 0 Å². The molecule has 1 aromatic carbocycles. The number of hydrogen-bond acceptors (Lipinski definition) is 7. The Kier molecular flexibility index (Phi) is 13.6. The number of carboxylic acid groups (broad SMARTS) is 2. The fourth-order valence-corrected chi connectivity index (χ4v) is 3.79. The van der Waals surface area contributed by atoms with Crippen LogP contribution in [0.2, 0.25) is 0 Å². The van der Waals surface area contributed by atoms with Gasteiger partial charge in [-0.05, 0) is 42.8 Å². The summed E-state index contributed by atoms with van der Waals surface area (Å²) in [6.07, 6.45) is 1.68. The highest BCUT2D eigenvalue weighted by atomic mass is 32.2. The largest absolute Gasteiger partial charge is 0.481 e. The van der Waals surface area contributed by atoms with E-state index in [1.54, 1.807) is 13.8 Å². The molecule has 0 aliphatic carbocycles. The van der Waals surface area contributed by atoms with E-state index in [0.717, 1.165) is 5.56 Å². The average Bonchev–Trinajstić information content (AvgIpc) is 2.82. The van der Waals surface area contributed by atoms with E-state index in [9.17, 15) is 29.1 Å². The van der Waals surface area contributed by atoms with E-state index >= 15 is 0 Å². The molecule has 12 heteroatoms. The molecule has 0 aliphatic heterocycles. The Labute approximate surface area is 215 Å². The molecule has 1 aromatic rings. The van der Waals surface area contributed by atoms with Gasteiger partial charge >= 0.3 is 11.9 Å². The molecule has 11 nitrogen and oxygen atoms in total. The van der Waals surface area contributed by atoms with E-state index in [1.165, 1.54) is 11.8 Å². The Hall–Kier alpha value is -3.12. The summed E-state index contributed by atoms with van der Waals surface area (Å²) < 4.78 is 0. The van der Waals surface area contributed by atoms with E-state index in [1.807, 2.05) is 36.6 Å². The van der Waals surface area contributed by atoms with Crippen molar-refractivity contribution in [1.29, 1.82) is 0 Å². The molecule has 4 atom stereocenters. The van der Waals surface area contributed by atoms with Crippen LogP contribution in [0.1, 0.15) is 38.7 Å². The van der Waals surface area contributed by atoms with Crippen molar-refractivity contribution in [1.82, 2.24) is 16.0 Å². The highest BCUT2D eigenvalue weighted by molar-refractivity contribution is 7.98. The quantitative estimate of drug-likeness (QED) is 0.177. The van der Waals surface area contributed by atoms with Gasteiger partial charge in [0.05, 0.1) is 6.04 Å². The van der Waals surface area contributed by atoms with E-state index < -0.39 is 66.2 Å². The normalized spacial score (nSPS) is 14.2. The number of amides is 3. The number of carbonyl (C=O) groups excluding carboxylic acids is 3. The monoisotopic (exact) mass is 524 g/mol. The summed E-state index contributed by atoms with van der Waals surface area (Å²) in [5, 5.41) is 25.7. The van der Waals surface area contributed by atoms with Gasteiger partial charge < -0.3 is 31.9 Å². The van der Waals surface area contributed by atoms with Crippen molar-refractivity contribution in [3.05, 3.63) is 35.9 Å². The predicted octanol–water partition coefficient (Wildman–Crippen LogP) is 0.369. The van der Waals surface area contributed by atoms with Gasteiger partial charge in [-0.25, -0.2) is 4.79 Å². The SMILES string of the molecule is CSCCC(NC(=O)C(N)Cc1ccccc1)C(=O)NC(C(=O)NC(CCC(=O)O)C(=O)O)C(C)C. The average molecular weight is 525 g/mol. The summed E-state index contributed by atoms with van der Waals surface area (Å²) in [4.78, 5) is 60.8. The summed E-state index contributed by atoms with van der Waals surface area (Å²) in [5.74, 6) is -4.30. The number of hydrogen-bond donors (Lipinski definition) is 6. The highest BCUT2D eigenvalue weighted by Gasteiger charge is 2.32. The van der Waals surface area contributed by atoms with Crippen LogP contribution in [0.5, 0.6) is 0 Å². The Morgan fingerprint density at radius 2 is 1.50 bits per heavy atom. The highest BCUT2D eigenvalue weighted by Crippen LogP contribution is 2.09. The minimum Gasteiger partial charge on any atom is -0.481 e. The van der Waals surface area contributed by atoms with Gasteiger partial charge in [-0.3, -0.25) is 19.2 Å². The summed E-state index contributed by atoms with van der Waals surface area (Å²) in [6, 6.07) is 4.85. The van der Waals surface area contributed by atoms with Crippen LogP contribution in [0.15, 0.2) is 30.3 Å². The van der Waals surface area contributed by atoms with Crippen molar-refractivity contribution in [2.45, 2.75) is 63.7 Å². The first kappa shape index (κ1) is 30.9. The van der Waals surface area contributed by atoms with Crippen LogP contribution in [-0.2, 0) is 30.4 Å². The van der Waals surface area contributed by atoms with Gasteiger partial charge in [0, 0.05) is 6.42 Å².